The maximum absolute atomic E-state index is 12.7. The largest absolute Gasteiger partial charge is 0.369 e. The summed E-state index contributed by atoms with van der Waals surface area (Å²) in [6.45, 7) is 0. The summed E-state index contributed by atoms with van der Waals surface area (Å²) in [7, 11) is 1.84. The highest BCUT2D eigenvalue weighted by molar-refractivity contribution is 5.26. The highest BCUT2D eigenvalue weighted by Crippen LogP contribution is 2.10. The molecule has 0 aliphatic rings. The summed E-state index contributed by atoms with van der Waals surface area (Å²) in [6, 6.07) is 6.39. The fourth-order valence-electron chi connectivity index (χ4n) is 1.44. The number of nitrogens with two attached hydrogens (primary N) is 1. The van der Waals surface area contributed by atoms with Gasteiger partial charge in [0.1, 0.15) is 5.82 Å². The second-order valence-corrected chi connectivity index (χ2v) is 3.50. The van der Waals surface area contributed by atoms with Crippen LogP contribution in [0.4, 0.5) is 10.3 Å². The van der Waals surface area contributed by atoms with Crippen LogP contribution in [-0.2, 0) is 13.5 Å². The minimum Gasteiger partial charge on any atom is -0.369 e. The van der Waals surface area contributed by atoms with Crippen LogP contribution in [0.2, 0.25) is 0 Å². The molecule has 1 heterocycles. The first-order valence-corrected chi connectivity index (χ1v) is 4.67. The smallest absolute Gasteiger partial charge is 0.200 e. The molecule has 1 aromatic carbocycles. The molecule has 0 aliphatic carbocycles. The molecule has 0 fully saturated rings. The van der Waals surface area contributed by atoms with Gasteiger partial charge in [-0.2, -0.15) is 0 Å². The number of aryl methyl sites for hydroxylation is 1. The van der Waals surface area contributed by atoms with Crippen LogP contribution in [0.1, 0.15) is 11.3 Å². The lowest BCUT2D eigenvalue weighted by atomic mass is 10.1. The van der Waals surface area contributed by atoms with Gasteiger partial charge in [0.05, 0.1) is 5.69 Å². The van der Waals surface area contributed by atoms with Crippen molar-refractivity contribution in [3.8, 4) is 0 Å². The lowest BCUT2D eigenvalue weighted by Crippen LogP contribution is -1.94. The molecule has 2 N–H and O–H groups in total. The maximum atomic E-state index is 12.7. The van der Waals surface area contributed by atoms with Crippen molar-refractivity contribution >= 4 is 5.95 Å². The van der Waals surface area contributed by atoms with Crippen LogP contribution in [-0.4, -0.2) is 9.55 Å². The van der Waals surface area contributed by atoms with E-state index in [-0.39, 0.29) is 5.82 Å². The van der Waals surface area contributed by atoms with E-state index >= 15 is 0 Å². The quantitative estimate of drug-likeness (QED) is 0.811. The van der Waals surface area contributed by atoms with Gasteiger partial charge >= 0.3 is 0 Å². The zero-order chi connectivity index (χ0) is 10.8. The van der Waals surface area contributed by atoms with E-state index in [0.29, 0.717) is 12.4 Å². The number of aromatic nitrogens is 2. The van der Waals surface area contributed by atoms with E-state index in [0.717, 1.165) is 11.3 Å². The zero-order valence-corrected chi connectivity index (χ0v) is 8.44. The van der Waals surface area contributed by atoms with Crippen molar-refractivity contribution in [2.75, 3.05) is 5.73 Å². The fourth-order valence-corrected chi connectivity index (χ4v) is 1.44. The number of hydrogen-bond donors (Lipinski definition) is 1. The lowest BCUT2D eigenvalue weighted by Gasteiger charge is -1.96. The Bertz CT molecular complexity index is 440. The standard InChI is InChI=1S/C11H12FN3/c1-15-7-10(14-11(15)13)6-8-2-4-9(12)5-3-8/h2-5,7H,6H2,1H3,(H2,13,14). The molecule has 78 valence electrons. The summed E-state index contributed by atoms with van der Waals surface area (Å²) in [4.78, 5) is 4.17. The Morgan fingerprint density at radius 2 is 2.00 bits per heavy atom. The molecule has 2 aromatic rings. The van der Waals surface area contributed by atoms with Crippen LogP contribution < -0.4 is 5.73 Å². The molecule has 0 radical (unpaired) electrons. The fraction of sp³-hybridized carbons (Fsp3) is 0.182. The molecule has 15 heavy (non-hydrogen) atoms. The van der Waals surface area contributed by atoms with Crippen LogP contribution in [0.5, 0.6) is 0 Å². The van der Waals surface area contributed by atoms with E-state index < -0.39 is 0 Å². The third kappa shape index (κ3) is 2.15. The average molecular weight is 205 g/mol. The van der Waals surface area contributed by atoms with E-state index in [1.807, 2.05) is 13.2 Å². The summed E-state index contributed by atoms with van der Waals surface area (Å²) in [6.07, 6.45) is 2.55. The molecule has 0 amide bonds. The van der Waals surface area contributed by atoms with Gasteiger partial charge in [-0.3, -0.25) is 0 Å². The Morgan fingerprint density at radius 1 is 1.33 bits per heavy atom. The SMILES string of the molecule is Cn1cc(Cc2ccc(F)cc2)nc1N. The lowest BCUT2D eigenvalue weighted by molar-refractivity contribution is 0.627. The molecule has 0 unspecified atom stereocenters. The van der Waals surface area contributed by atoms with Crippen LogP contribution in [0, 0.1) is 5.82 Å². The predicted octanol–water partition coefficient (Wildman–Crippen LogP) is 1.73. The summed E-state index contributed by atoms with van der Waals surface area (Å²) in [5, 5.41) is 0. The van der Waals surface area contributed by atoms with Gasteiger partial charge < -0.3 is 10.3 Å². The van der Waals surface area contributed by atoms with Crippen LogP contribution in [0.15, 0.2) is 30.5 Å². The van der Waals surface area contributed by atoms with Gasteiger partial charge in [0.15, 0.2) is 5.95 Å². The second-order valence-electron chi connectivity index (χ2n) is 3.50. The predicted molar refractivity (Wildman–Crippen MR) is 56.8 cm³/mol. The molecule has 0 saturated carbocycles. The van der Waals surface area contributed by atoms with Crippen LogP contribution >= 0.6 is 0 Å². The molecule has 3 nitrogen and oxygen atoms in total. The number of imidazole rings is 1. The van der Waals surface area contributed by atoms with Crippen LogP contribution in [0.25, 0.3) is 0 Å². The minimum absolute atomic E-state index is 0.223. The first-order chi connectivity index (χ1) is 7.15. The van der Waals surface area contributed by atoms with Gasteiger partial charge in [-0.05, 0) is 17.7 Å². The number of anilines is 1. The third-order valence-electron chi connectivity index (χ3n) is 2.26. The molecule has 0 spiro atoms. The molecule has 4 heteroatoms. The van der Waals surface area contributed by atoms with E-state index in [1.165, 1.54) is 12.1 Å². The molecule has 0 bridgehead atoms. The van der Waals surface area contributed by atoms with Gasteiger partial charge in [0, 0.05) is 19.7 Å². The van der Waals surface area contributed by atoms with Crippen molar-refractivity contribution in [1.82, 2.24) is 9.55 Å². The highest BCUT2D eigenvalue weighted by atomic mass is 19.1. The van der Waals surface area contributed by atoms with Crippen molar-refractivity contribution in [2.24, 2.45) is 7.05 Å². The van der Waals surface area contributed by atoms with E-state index in [4.69, 9.17) is 5.73 Å². The number of rotatable bonds is 2. The van der Waals surface area contributed by atoms with Gasteiger partial charge in [-0.25, -0.2) is 9.37 Å². The van der Waals surface area contributed by atoms with Gasteiger partial charge in [0.25, 0.3) is 0 Å². The topological polar surface area (TPSA) is 43.8 Å². The van der Waals surface area contributed by atoms with E-state index in [2.05, 4.69) is 4.98 Å². The highest BCUT2D eigenvalue weighted by Gasteiger charge is 2.02. The minimum atomic E-state index is -0.223. The monoisotopic (exact) mass is 205 g/mol. The van der Waals surface area contributed by atoms with Crippen molar-refractivity contribution in [3.63, 3.8) is 0 Å². The first-order valence-electron chi connectivity index (χ1n) is 4.67. The number of hydrogen-bond acceptors (Lipinski definition) is 2. The van der Waals surface area contributed by atoms with E-state index in [9.17, 15) is 4.39 Å². The number of nitrogen functional groups attached to an aromatic ring is 1. The Kier molecular flexibility index (Phi) is 2.41. The van der Waals surface area contributed by atoms with Crippen molar-refractivity contribution in [2.45, 2.75) is 6.42 Å². The molecule has 1 aromatic heterocycles. The van der Waals surface area contributed by atoms with E-state index in [1.54, 1.807) is 16.7 Å². The summed E-state index contributed by atoms with van der Waals surface area (Å²) < 4.78 is 14.4. The molecule has 0 saturated heterocycles. The summed E-state index contributed by atoms with van der Waals surface area (Å²) in [5.74, 6) is 0.270. The normalized spacial score (nSPS) is 10.5. The summed E-state index contributed by atoms with van der Waals surface area (Å²) >= 11 is 0. The van der Waals surface area contributed by atoms with Gasteiger partial charge in [-0.1, -0.05) is 12.1 Å². The number of benzene rings is 1. The third-order valence-corrected chi connectivity index (χ3v) is 2.26. The molecule has 0 aliphatic heterocycles. The molecule has 0 atom stereocenters. The summed E-state index contributed by atoms with van der Waals surface area (Å²) in [5.41, 5.74) is 7.52. The second kappa shape index (κ2) is 3.73. The average Bonchev–Trinajstić information content (AvgIpc) is 2.50. The Labute approximate surface area is 87.4 Å². The first kappa shape index (κ1) is 9.71. The Balaban J connectivity index is 2.18. The van der Waals surface area contributed by atoms with Crippen molar-refractivity contribution in [1.29, 1.82) is 0 Å². The number of nitrogens with zero attached hydrogens (tertiary/aromatic N) is 2. The van der Waals surface area contributed by atoms with Crippen molar-refractivity contribution < 1.29 is 4.39 Å². The van der Waals surface area contributed by atoms with Gasteiger partial charge in [-0.15, -0.1) is 0 Å². The van der Waals surface area contributed by atoms with Crippen LogP contribution in [0.3, 0.4) is 0 Å². The molecular formula is C11H12FN3. The van der Waals surface area contributed by atoms with Crippen molar-refractivity contribution in [3.05, 3.63) is 47.5 Å². The zero-order valence-electron chi connectivity index (χ0n) is 8.44. The molecule has 2 rings (SSSR count). The van der Waals surface area contributed by atoms with Gasteiger partial charge in [0.2, 0.25) is 0 Å². The Hall–Kier alpha value is -1.84. The maximum Gasteiger partial charge on any atom is 0.200 e. The Morgan fingerprint density at radius 3 is 2.53 bits per heavy atom. The molecular weight excluding hydrogens is 193 g/mol. The number of halogens is 1.